The summed E-state index contributed by atoms with van der Waals surface area (Å²) in [6.45, 7) is 4.21. The zero-order valence-electron chi connectivity index (χ0n) is 19.8. The van der Waals surface area contributed by atoms with Crippen LogP contribution in [0.1, 0.15) is 44.9 Å². The number of carbonyl (C=O) groups is 4. The lowest BCUT2D eigenvalue weighted by molar-refractivity contribution is -0.127. The minimum Gasteiger partial charge on any atom is -0.494 e. The van der Waals surface area contributed by atoms with Gasteiger partial charge in [-0.1, -0.05) is 48.5 Å². The number of anilines is 1. The van der Waals surface area contributed by atoms with E-state index in [1.54, 1.807) is 48.5 Å². The van der Waals surface area contributed by atoms with Gasteiger partial charge < -0.3 is 9.47 Å². The topological polar surface area (TPSA) is 90.0 Å². The summed E-state index contributed by atoms with van der Waals surface area (Å²) >= 11 is 0. The monoisotopic (exact) mass is 481 g/mol. The maximum absolute atomic E-state index is 14.0. The van der Waals surface area contributed by atoms with Crippen molar-refractivity contribution in [1.29, 1.82) is 0 Å². The smallest absolute Gasteiger partial charge is 0.241 e. The van der Waals surface area contributed by atoms with E-state index in [0.717, 1.165) is 10.5 Å². The molecule has 2 amide bonds. The molecule has 0 unspecified atom stereocenters. The lowest BCUT2D eigenvalue weighted by Gasteiger charge is -2.27. The normalized spacial score (nSPS) is 23.9. The molecule has 3 aromatic rings. The number of fused-ring (bicyclic) bond motifs is 3. The fourth-order valence-electron chi connectivity index (χ4n) is 5.82. The van der Waals surface area contributed by atoms with E-state index in [1.165, 1.54) is 0 Å². The summed E-state index contributed by atoms with van der Waals surface area (Å²) in [4.78, 5) is 56.6. The van der Waals surface area contributed by atoms with E-state index < -0.39 is 46.9 Å². The molecule has 3 atom stereocenters. The molecule has 1 spiro atoms. The predicted octanol–water partition coefficient (Wildman–Crippen LogP) is 4.09. The summed E-state index contributed by atoms with van der Waals surface area (Å²) < 4.78 is 11.8. The van der Waals surface area contributed by atoms with Gasteiger partial charge in [-0.05, 0) is 49.2 Å². The molecule has 36 heavy (non-hydrogen) atoms. The van der Waals surface area contributed by atoms with E-state index in [0.29, 0.717) is 23.6 Å². The first-order valence-corrected chi connectivity index (χ1v) is 11.9. The number of Topliss-reactive ketones (excluding diaryl/α,β-unsaturated/α-hetero) is 2. The van der Waals surface area contributed by atoms with E-state index in [2.05, 4.69) is 0 Å². The van der Waals surface area contributed by atoms with Crippen LogP contribution in [0.3, 0.4) is 0 Å². The number of benzene rings is 3. The van der Waals surface area contributed by atoms with Gasteiger partial charge in [0.05, 0.1) is 30.2 Å². The third kappa shape index (κ3) is 2.83. The van der Waals surface area contributed by atoms with Crippen LogP contribution in [0.15, 0.2) is 72.8 Å². The van der Waals surface area contributed by atoms with Crippen LogP contribution in [0.25, 0.3) is 0 Å². The Morgan fingerprint density at radius 1 is 0.833 bits per heavy atom. The molecular formula is C29H23NO6. The average molecular weight is 482 g/mol. The number of aryl methyl sites for hydroxylation is 1. The second kappa shape index (κ2) is 7.96. The van der Waals surface area contributed by atoms with E-state index in [-0.39, 0.29) is 11.1 Å². The molecule has 0 saturated carbocycles. The molecule has 3 aromatic carbocycles. The molecule has 7 heteroatoms. The Bertz CT molecular complexity index is 1410. The summed E-state index contributed by atoms with van der Waals surface area (Å²) in [7, 11) is 0. The van der Waals surface area contributed by atoms with Gasteiger partial charge in [-0.2, -0.15) is 0 Å². The van der Waals surface area contributed by atoms with Crippen molar-refractivity contribution in [2.24, 2.45) is 11.8 Å². The zero-order chi connectivity index (χ0) is 25.2. The number of ether oxygens (including phenoxy) is 2. The van der Waals surface area contributed by atoms with Crippen molar-refractivity contribution in [1.82, 2.24) is 0 Å². The first kappa shape index (κ1) is 22.4. The van der Waals surface area contributed by atoms with E-state index in [1.807, 2.05) is 38.1 Å². The fourth-order valence-corrected chi connectivity index (χ4v) is 5.82. The van der Waals surface area contributed by atoms with Gasteiger partial charge in [0.15, 0.2) is 0 Å². The minimum absolute atomic E-state index is 0.214. The molecule has 2 aliphatic heterocycles. The molecule has 3 aliphatic rings. The van der Waals surface area contributed by atoms with E-state index >= 15 is 0 Å². The molecule has 0 bridgehead atoms. The van der Waals surface area contributed by atoms with Gasteiger partial charge >= 0.3 is 0 Å². The largest absolute Gasteiger partial charge is 0.494 e. The lowest BCUT2D eigenvalue weighted by Crippen LogP contribution is -2.51. The Labute approximate surface area is 207 Å². The quantitative estimate of drug-likeness (QED) is 0.412. The standard InChI is InChI=1S/C29H23NO6/c1-3-35-18-14-12-17(13-15-18)30-27(33)22-23(28(30)34)29(36-24(22)19-9-5-4-8-16(19)2)25(31)20-10-6-7-11-21(20)26(29)32/h4-15,22-24H,3H2,1-2H3/t22-,23+,24+/m1/s1. The highest BCUT2D eigenvalue weighted by Gasteiger charge is 2.74. The predicted molar refractivity (Wildman–Crippen MR) is 130 cm³/mol. The third-order valence-electron chi connectivity index (χ3n) is 7.42. The maximum atomic E-state index is 14.0. The number of nitrogens with zero attached hydrogens (tertiary/aromatic N) is 1. The van der Waals surface area contributed by atoms with Crippen LogP contribution in [0, 0.1) is 18.8 Å². The molecular weight excluding hydrogens is 458 g/mol. The number of ketones is 2. The maximum Gasteiger partial charge on any atom is 0.241 e. The van der Waals surface area contributed by atoms with Crippen LogP contribution in [0.4, 0.5) is 5.69 Å². The molecule has 0 N–H and O–H groups in total. The number of rotatable bonds is 4. The molecule has 7 nitrogen and oxygen atoms in total. The number of carbonyl (C=O) groups excluding carboxylic acids is 4. The Morgan fingerprint density at radius 2 is 1.44 bits per heavy atom. The Balaban J connectivity index is 1.51. The fraction of sp³-hybridized carbons (Fsp3) is 0.241. The van der Waals surface area contributed by atoms with Crippen LogP contribution in [0.5, 0.6) is 5.75 Å². The van der Waals surface area contributed by atoms with Crippen molar-refractivity contribution < 1.29 is 28.7 Å². The van der Waals surface area contributed by atoms with Crippen LogP contribution >= 0.6 is 0 Å². The first-order valence-electron chi connectivity index (χ1n) is 11.9. The van der Waals surface area contributed by atoms with Gasteiger partial charge in [0, 0.05) is 11.1 Å². The second-order valence-electron chi connectivity index (χ2n) is 9.28. The summed E-state index contributed by atoms with van der Waals surface area (Å²) in [5, 5.41) is 0. The molecule has 0 radical (unpaired) electrons. The molecule has 2 saturated heterocycles. The van der Waals surface area contributed by atoms with Crippen molar-refractivity contribution in [2.45, 2.75) is 25.6 Å². The average Bonchev–Trinajstić information content (AvgIpc) is 3.45. The van der Waals surface area contributed by atoms with Crippen LogP contribution in [-0.2, 0) is 14.3 Å². The Hall–Kier alpha value is -4.10. The van der Waals surface area contributed by atoms with E-state index in [4.69, 9.17) is 9.47 Å². The van der Waals surface area contributed by atoms with Crippen molar-refractivity contribution in [3.63, 3.8) is 0 Å². The summed E-state index contributed by atoms with van der Waals surface area (Å²) in [6.07, 6.45) is -0.928. The Morgan fingerprint density at radius 3 is 2.06 bits per heavy atom. The number of hydrogen-bond donors (Lipinski definition) is 0. The van der Waals surface area contributed by atoms with Crippen LogP contribution in [0.2, 0.25) is 0 Å². The van der Waals surface area contributed by atoms with Crippen molar-refractivity contribution >= 4 is 29.1 Å². The number of hydrogen-bond acceptors (Lipinski definition) is 6. The highest BCUT2D eigenvalue weighted by molar-refractivity contribution is 6.37. The van der Waals surface area contributed by atoms with Gasteiger partial charge in [-0.25, -0.2) is 4.90 Å². The molecule has 2 fully saturated rings. The summed E-state index contributed by atoms with van der Waals surface area (Å²) in [5.41, 5.74) is 0.229. The number of amides is 2. The summed E-state index contributed by atoms with van der Waals surface area (Å²) in [6, 6.07) is 20.4. The van der Waals surface area contributed by atoms with Gasteiger partial charge in [0.2, 0.25) is 29.0 Å². The van der Waals surface area contributed by atoms with E-state index in [9.17, 15) is 19.2 Å². The second-order valence-corrected chi connectivity index (χ2v) is 9.28. The molecule has 6 rings (SSSR count). The first-order chi connectivity index (χ1) is 17.4. The Kier molecular flexibility index (Phi) is 4.95. The van der Waals surface area contributed by atoms with Crippen LogP contribution < -0.4 is 9.64 Å². The number of imide groups is 1. The van der Waals surface area contributed by atoms with Crippen molar-refractivity contribution in [3.05, 3.63) is 95.1 Å². The highest BCUT2D eigenvalue weighted by atomic mass is 16.5. The van der Waals surface area contributed by atoms with Gasteiger partial charge in [0.25, 0.3) is 0 Å². The lowest BCUT2D eigenvalue weighted by atomic mass is 9.77. The van der Waals surface area contributed by atoms with Crippen molar-refractivity contribution in [3.8, 4) is 5.75 Å². The highest BCUT2D eigenvalue weighted by Crippen LogP contribution is 2.58. The van der Waals surface area contributed by atoms with Crippen molar-refractivity contribution in [2.75, 3.05) is 11.5 Å². The van der Waals surface area contributed by atoms with Gasteiger partial charge in [-0.15, -0.1) is 0 Å². The zero-order valence-corrected chi connectivity index (χ0v) is 19.8. The van der Waals surface area contributed by atoms with Crippen LogP contribution in [-0.4, -0.2) is 35.6 Å². The molecule has 180 valence electrons. The van der Waals surface area contributed by atoms with Gasteiger partial charge in [-0.3, -0.25) is 19.2 Å². The third-order valence-corrected chi connectivity index (χ3v) is 7.42. The molecule has 1 aliphatic carbocycles. The molecule has 0 aromatic heterocycles. The van der Waals surface area contributed by atoms with Gasteiger partial charge in [0.1, 0.15) is 5.75 Å². The molecule has 2 heterocycles. The summed E-state index contributed by atoms with van der Waals surface area (Å²) in [5.74, 6) is -3.92. The minimum atomic E-state index is -2.08. The SMILES string of the molecule is CCOc1ccc(N2C(=O)[C@@H]3[C@@H](C2=O)C2(O[C@H]3c3ccccc3C)C(=O)c3ccccc3C2=O)cc1.